The highest BCUT2D eigenvalue weighted by Gasteiger charge is 2.19. The van der Waals surface area contributed by atoms with Crippen LogP contribution in [0, 0.1) is 0 Å². The lowest BCUT2D eigenvalue weighted by atomic mass is 10.3. The number of hydrogen-bond donors (Lipinski definition) is 0. The molecule has 0 aliphatic heterocycles. The molecule has 3 heterocycles. The van der Waals surface area contributed by atoms with Crippen LogP contribution in [0.1, 0.15) is 13.8 Å². The number of anilines is 1. The van der Waals surface area contributed by atoms with Crippen molar-refractivity contribution in [3.8, 4) is 11.6 Å². The molecule has 0 amide bonds. The van der Waals surface area contributed by atoms with E-state index < -0.39 is 0 Å². The molecule has 6 nitrogen and oxygen atoms in total. The van der Waals surface area contributed by atoms with Crippen LogP contribution in [0.3, 0.4) is 0 Å². The molecule has 1 aromatic carbocycles. The van der Waals surface area contributed by atoms with E-state index in [-0.39, 0.29) is 0 Å². The van der Waals surface area contributed by atoms with Crippen molar-refractivity contribution < 1.29 is 4.42 Å². The van der Waals surface area contributed by atoms with Crippen molar-refractivity contribution in [1.29, 1.82) is 0 Å². The molecule has 0 saturated carbocycles. The van der Waals surface area contributed by atoms with Crippen LogP contribution < -0.4 is 4.90 Å². The number of rotatable bonds is 4. The molecular formula is C17H17N5O. The molecule has 6 heteroatoms. The third kappa shape index (κ3) is 2.06. The molecule has 3 aromatic heterocycles. The van der Waals surface area contributed by atoms with Crippen molar-refractivity contribution in [2.24, 2.45) is 0 Å². The van der Waals surface area contributed by atoms with Gasteiger partial charge in [-0.25, -0.2) is 4.98 Å². The second kappa shape index (κ2) is 5.39. The van der Waals surface area contributed by atoms with Crippen LogP contribution in [-0.2, 0) is 0 Å². The lowest BCUT2D eigenvalue weighted by Gasteiger charge is -2.20. The first kappa shape index (κ1) is 13.8. The van der Waals surface area contributed by atoms with Crippen LogP contribution in [0.2, 0.25) is 0 Å². The summed E-state index contributed by atoms with van der Waals surface area (Å²) in [5, 5.41) is 8.74. The van der Waals surface area contributed by atoms with Gasteiger partial charge in [-0.3, -0.25) is 4.40 Å². The summed E-state index contributed by atoms with van der Waals surface area (Å²) in [5.74, 6) is 2.23. The SMILES string of the molecule is CCN(CC)c1nc2ccccc2n2c(-c3ccco3)nnc12. The Morgan fingerprint density at radius 2 is 1.87 bits per heavy atom. The molecule has 0 atom stereocenters. The molecule has 0 fully saturated rings. The summed E-state index contributed by atoms with van der Waals surface area (Å²) in [6.07, 6.45) is 1.64. The van der Waals surface area contributed by atoms with E-state index in [0.717, 1.165) is 35.6 Å². The molecular weight excluding hydrogens is 290 g/mol. The fraction of sp³-hybridized carbons (Fsp3) is 0.235. The van der Waals surface area contributed by atoms with Gasteiger partial charge in [0.2, 0.25) is 11.5 Å². The predicted molar refractivity (Wildman–Crippen MR) is 89.6 cm³/mol. The Balaban J connectivity index is 2.12. The van der Waals surface area contributed by atoms with E-state index >= 15 is 0 Å². The van der Waals surface area contributed by atoms with Gasteiger partial charge in [-0.15, -0.1) is 10.2 Å². The maximum Gasteiger partial charge on any atom is 0.204 e. The minimum atomic E-state index is 0.692. The molecule has 0 aliphatic carbocycles. The van der Waals surface area contributed by atoms with Gasteiger partial charge in [-0.1, -0.05) is 12.1 Å². The molecule has 0 spiro atoms. The van der Waals surface area contributed by atoms with Crippen LogP contribution in [0.4, 0.5) is 5.82 Å². The summed E-state index contributed by atoms with van der Waals surface area (Å²) in [6.45, 7) is 5.95. The molecule has 4 rings (SSSR count). The van der Waals surface area contributed by atoms with Crippen LogP contribution in [0.15, 0.2) is 47.1 Å². The van der Waals surface area contributed by atoms with E-state index in [4.69, 9.17) is 9.40 Å². The minimum absolute atomic E-state index is 0.692. The normalized spacial score (nSPS) is 11.4. The van der Waals surface area contributed by atoms with Gasteiger partial charge in [-0.2, -0.15) is 0 Å². The summed E-state index contributed by atoms with van der Waals surface area (Å²) in [5.41, 5.74) is 2.63. The second-order valence-electron chi connectivity index (χ2n) is 5.26. The Labute approximate surface area is 133 Å². The highest BCUT2D eigenvalue weighted by Crippen LogP contribution is 2.28. The maximum absolute atomic E-state index is 5.53. The Hall–Kier alpha value is -2.89. The van der Waals surface area contributed by atoms with Gasteiger partial charge in [-0.05, 0) is 38.1 Å². The lowest BCUT2D eigenvalue weighted by molar-refractivity contribution is 0.576. The van der Waals surface area contributed by atoms with Crippen molar-refractivity contribution in [2.45, 2.75) is 13.8 Å². The Morgan fingerprint density at radius 1 is 1.04 bits per heavy atom. The molecule has 0 unspecified atom stereocenters. The van der Waals surface area contributed by atoms with Gasteiger partial charge in [0.05, 0.1) is 17.3 Å². The molecule has 0 N–H and O–H groups in total. The fourth-order valence-electron chi connectivity index (χ4n) is 2.87. The standard InChI is InChI=1S/C17H17N5O/c1-3-21(4-2)16-17-20-19-15(14-10-7-11-23-14)22(17)13-9-6-5-8-12(13)18-16/h5-11H,3-4H2,1-2H3. The molecule has 0 radical (unpaired) electrons. The van der Waals surface area contributed by atoms with Crippen molar-refractivity contribution in [2.75, 3.05) is 18.0 Å². The zero-order valence-electron chi connectivity index (χ0n) is 13.1. The van der Waals surface area contributed by atoms with Crippen LogP contribution in [-0.4, -0.2) is 32.7 Å². The predicted octanol–water partition coefficient (Wildman–Crippen LogP) is 3.38. The zero-order valence-corrected chi connectivity index (χ0v) is 13.1. The highest BCUT2D eigenvalue weighted by molar-refractivity contribution is 5.85. The topological polar surface area (TPSA) is 59.5 Å². The first-order valence-corrected chi connectivity index (χ1v) is 7.76. The van der Waals surface area contributed by atoms with Gasteiger partial charge in [0, 0.05) is 13.1 Å². The Bertz CT molecular complexity index is 954. The second-order valence-corrected chi connectivity index (χ2v) is 5.26. The summed E-state index contributed by atoms with van der Waals surface area (Å²) in [7, 11) is 0. The number of para-hydroxylation sites is 2. The Morgan fingerprint density at radius 3 is 2.61 bits per heavy atom. The largest absolute Gasteiger partial charge is 0.461 e. The van der Waals surface area contributed by atoms with Crippen LogP contribution in [0.5, 0.6) is 0 Å². The van der Waals surface area contributed by atoms with E-state index in [0.29, 0.717) is 11.6 Å². The number of aromatic nitrogens is 4. The third-order valence-electron chi connectivity index (χ3n) is 4.02. The van der Waals surface area contributed by atoms with E-state index in [1.54, 1.807) is 6.26 Å². The average Bonchev–Trinajstić information content (AvgIpc) is 3.25. The summed E-state index contributed by atoms with van der Waals surface area (Å²) in [6, 6.07) is 11.8. The van der Waals surface area contributed by atoms with E-state index in [1.807, 2.05) is 40.8 Å². The van der Waals surface area contributed by atoms with Crippen molar-refractivity contribution in [1.82, 2.24) is 19.6 Å². The van der Waals surface area contributed by atoms with Gasteiger partial charge in [0.1, 0.15) is 0 Å². The van der Waals surface area contributed by atoms with Crippen LogP contribution >= 0.6 is 0 Å². The molecule has 23 heavy (non-hydrogen) atoms. The van der Waals surface area contributed by atoms with Gasteiger partial charge >= 0.3 is 0 Å². The van der Waals surface area contributed by atoms with E-state index in [2.05, 4.69) is 28.9 Å². The molecule has 0 bridgehead atoms. The monoisotopic (exact) mass is 307 g/mol. The molecule has 4 aromatic rings. The number of hydrogen-bond acceptors (Lipinski definition) is 5. The van der Waals surface area contributed by atoms with Gasteiger partial charge in [0.25, 0.3) is 0 Å². The minimum Gasteiger partial charge on any atom is -0.461 e. The third-order valence-corrected chi connectivity index (χ3v) is 4.02. The highest BCUT2D eigenvalue weighted by atomic mass is 16.3. The summed E-state index contributed by atoms with van der Waals surface area (Å²) >= 11 is 0. The summed E-state index contributed by atoms with van der Waals surface area (Å²) in [4.78, 5) is 6.99. The number of furan rings is 1. The number of fused-ring (bicyclic) bond motifs is 3. The molecule has 116 valence electrons. The lowest BCUT2D eigenvalue weighted by Crippen LogP contribution is -2.24. The van der Waals surface area contributed by atoms with Gasteiger partial charge in [0.15, 0.2) is 11.6 Å². The van der Waals surface area contributed by atoms with Crippen molar-refractivity contribution in [3.63, 3.8) is 0 Å². The molecule has 0 saturated heterocycles. The average molecular weight is 307 g/mol. The first-order valence-electron chi connectivity index (χ1n) is 7.76. The van der Waals surface area contributed by atoms with Crippen molar-refractivity contribution >= 4 is 22.5 Å². The quantitative estimate of drug-likeness (QED) is 0.578. The van der Waals surface area contributed by atoms with Crippen molar-refractivity contribution in [3.05, 3.63) is 42.7 Å². The number of nitrogens with zero attached hydrogens (tertiary/aromatic N) is 5. The van der Waals surface area contributed by atoms with E-state index in [9.17, 15) is 0 Å². The maximum atomic E-state index is 5.53. The first-order chi connectivity index (χ1) is 11.3. The number of benzene rings is 1. The summed E-state index contributed by atoms with van der Waals surface area (Å²) < 4.78 is 7.55. The Kier molecular flexibility index (Phi) is 3.22. The molecule has 0 aliphatic rings. The fourth-order valence-corrected chi connectivity index (χ4v) is 2.87. The smallest absolute Gasteiger partial charge is 0.204 e. The van der Waals surface area contributed by atoms with Gasteiger partial charge < -0.3 is 9.32 Å². The van der Waals surface area contributed by atoms with E-state index in [1.165, 1.54) is 0 Å². The zero-order chi connectivity index (χ0) is 15.8. The van der Waals surface area contributed by atoms with Crippen LogP contribution in [0.25, 0.3) is 28.3 Å².